The summed E-state index contributed by atoms with van der Waals surface area (Å²) in [5.74, 6) is 4.31. The average molecular weight is 660 g/mol. The molecule has 44 heavy (non-hydrogen) atoms. The van der Waals surface area contributed by atoms with Gasteiger partial charge in [0.15, 0.2) is 5.96 Å². The SMILES string of the molecule is COc1ccc(CN(CCN(C)CCCCCCSNC(=O)NCCSCc2csc(N=C(N)N)n2)c2ccccn2)cc1. The second-order valence-electron chi connectivity index (χ2n) is 10.1. The summed E-state index contributed by atoms with van der Waals surface area (Å²) < 4.78 is 8.17. The van der Waals surface area contributed by atoms with Crippen LogP contribution >= 0.6 is 35.0 Å². The molecule has 2 amide bonds. The lowest BCUT2D eigenvalue weighted by Gasteiger charge is -2.27. The number of anilines is 1. The van der Waals surface area contributed by atoms with Crippen molar-refractivity contribution in [3.05, 3.63) is 65.3 Å². The van der Waals surface area contributed by atoms with Crippen LogP contribution in [0.1, 0.15) is 36.9 Å². The predicted molar refractivity (Wildman–Crippen MR) is 187 cm³/mol. The summed E-state index contributed by atoms with van der Waals surface area (Å²) in [6.07, 6.45) is 6.41. The third-order valence-electron chi connectivity index (χ3n) is 6.50. The molecule has 240 valence electrons. The topological polar surface area (TPSA) is 147 Å². The van der Waals surface area contributed by atoms with Crippen LogP contribution in [-0.2, 0) is 12.3 Å². The minimum Gasteiger partial charge on any atom is -0.497 e. The number of likely N-dealkylation sites (N-methyl/N-ethyl adjacent to an activating group) is 1. The monoisotopic (exact) mass is 659 g/mol. The quantitative estimate of drug-likeness (QED) is 0.0543. The predicted octanol–water partition coefficient (Wildman–Crippen LogP) is 4.83. The van der Waals surface area contributed by atoms with Crippen molar-refractivity contribution >= 4 is 58.0 Å². The van der Waals surface area contributed by atoms with Gasteiger partial charge in [-0.05, 0) is 68.2 Å². The van der Waals surface area contributed by atoms with Gasteiger partial charge in [0.2, 0.25) is 5.13 Å². The Bertz CT molecular complexity index is 1240. The number of carbonyl (C=O) groups is 1. The van der Waals surface area contributed by atoms with Gasteiger partial charge in [-0.2, -0.15) is 16.8 Å². The first-order valence-corrected chi connectivity index (χ1v) is 17.7. The van der Waals surface area contributed by atoms with Crippen molar-refractivity contribution in [1.29, 1.82) is 0 Å². The lowest BCUT2D eigenvalue weighted by atomic mass is 10.2. The van der Waals surface area contributed by atoms with Gasteiger partial charge in [-0.1, -0.05) is 31.0 Å². The van der Waals surface area contributed by atoms with Gasteiger partial charge < -0.3 is 31.3 Å². The van der Waals surface area contributed by atoms with E-state index in [1.165, 1.54) is 35.3 Å². The first-order valence-electron chi connectivity index (χ1n) is 14.7. The molecule has 0 fully saturated rings. The number of aliphatic imine (C=N–C) groups is 1. The highest BCUT2D eigenvalue weighted by Crippen LogP contribution is 2.21. The molecule has 14 heteroatoms. The molecule has 0 unspecified atom stereocenters. The maximum atomic E-state index is 12.0. The molecule has 3 rings (SSSR count). The van der Waals surface area contributed by atoms with E-state index >= 15 is 0 Å². The van der Waals surface area contributed by atoms with E-state index in [2.05, 4.69) is 60.0 Å². The number of nitrogens with one attached hydrogen (secondary N) is 2. The highest BCUT2D eigenvalue weighted by atomic mass is 32.2. The molecule has 2 heterocycles. The number of nitrogens with zero attached hydrogens (tertiary/aromatic N) is 5. The van der Waals surface area contributed by atoms with Crippen molar-refractivity contribution < 1.29 is 9.53 Å². The van der Waals surface area contributed by atoms with E-state index in [1.54, 1.807) is 18.9 Å². The number of carbonyl (C=O) groups excluding carboxylic acids is 1. The fourth-order valence-corrected chi connectivity index (χ4v) is 6.38. The van der Waals surface area contributed by atoms with Gasteiger partial charge in [-0.25, -0.2) is 14.8 Å². The minimum absolute atomic E-state index is 0.00736. The lowest BCUT2D eigenvalue weighted by Crippen LogP contribution is -2.34. The van der Waals surface area contributed by atoms with Crippen LogP contribution in [0.3, 0.4) is 0 Å². The number of thioether (sulfide) groups is 1. The number of benzene rings is 1. The number of hydrogen-bond donors (Lipinski definition) is 4. The number of pyridine rings is 1. The molecule has 11 nitrogen and oxygen atoms in total. The molecule has 3 aromatic rings. The molecule has 0 spiro atoms. The van der Waals surface area contributed by atoms with Gasteiger partial charge in [0, 0.05) is 55.0 Å². The van der Waals surface area contributed by atoms with Crippen LogP contribution in [0, 0.1) is 0 Å². The zero-order chi connectivity index (χ0) is 31.4. The van der Waals surface area contributed by atoms with Crippen LogP contribution in [0.4, 0.5) is 15.7 Å². The fourth-order valence-electron chi connectivity index (χ4n) is 4.17. The Morgan fingerprint density at radius 1 is 1.05 bits per heavy atom. The summed E-state index contributed by atoms with van der Waals surface area (Å²) in [5, 5.41) is 5.39. The number of nitrogens with two attached hydrogens (primary N) is 2. The van der Waals surface area contributed by atoms with E-state index < -0.39 is 0 Å². The summed E-state index contributed by atoms with van der Waals surface area (Å²) in [4.78, 5) is 29.6. The summed E-state index contributed by atoms with van der Waals surface area (Å²) >= 11 is 4.57. The molecule has 0 saturated heterocycles. The summed E-state index contributed by atoms with van der Waals surface area (Å²) in [5.41, 5.74) is 12.9. The maximum Gasteiger partial charge on any atom is 0.324 e. The van der Waals surface area contributed by atoms with Gasteiger partial charge in [-0.3, -0.25) is 4.72 Å². The number of ether oxygens (including phenoxy) is 1. The smallest absolute Gasteiger partial charge is 0.324 e. The number of rotatable bonds is 21. The summed E-state index contributed by atoms with van der Waals surface area (Å²) in [7, 11) is 3.87. The van der Waals surface area contributed by atoms with Gasteiger partial charge in [0.05, 0.1) is 12.8 Å². The van der Waals surface area contributed by atoms with Crippen LogP contribution < -0.4 is 31.1 Å². The number of unbranched alkanes of at least 4 members (excludes halogenated alkanes) is 3. The molecule has 0 aliphatic carbocycles. The zero-order valence-corrected chi connectivity index (χ0v) is 28.1. The van der Waals surface area contributed by atoms with Crippen LogP contribution in [0.15, 0.2) is 59.0 Å². The Morgan fingerprint density at radius 2 is 1.86 bits per heavy atom. The van der Waals surface area contributed by atoms with Crippen molar-refractivity contribution in [3.63, 3.8) is 0 Å². The van der Waals surface area contributed by atoms with Gasteiger partial charge in [-0.15, -0.1) is 11.3 Å². The number of aromatic nitrogens is 2. The first kappa shape index (κ1) is 35.3. The highest BCUT2D eigenvalue weighted by molar-refractivity contribution is 7.98. The Balaban J connectivity index is 1.19. The molecule has 2 aromatic heterocycles. The molecule has 6 N–H and O–H groups in total. The number of guanidine groups is 1. The maximum absolute atomic E-state index is 12.0. The van der Waals surface area contributed by atoms with Gasteiger partial charge in [0.1, 0.15) is 11.6 Å². The van der Waals surface area contributed by atoms with Crippen molar-refractivity contribution in [3.8, 4) is 5.75 Å². The Kier molecular flexibility index (Phi) is 16.6. The van der Waals surface area contributed by atoms with Gasteiger partial charge >= 0.3 is 6.03 Å². The third kappa shape index (κ3) is 14.5. The summed E-state index contributed by atoms with van der Waals surface area (Å²) in [6.45, 7) is 4.32. The summed E-state index contributed by atoms with van der Waals surface area (Å²) in [6, 6.07) is 14.1. The van der Waals surface area contributed by atoms with Crippen molar-refractivity contribution in [2.75, 3.05) is 56.7 Å². The molecule has 0 aliphatic heterocycles. The van der Waals surface area contributed by atoms with Crippen LogP contribution in [-0.4, -0.2) is 78.7 Å². The molecular formula is C30H45N9O2S3. The van der Waals surface area contributed by atoms with Crippen LogP contribution in [0.5, 0.6) is 5.75 Å². The molecular weight excluding hydrogens is 615 g/mol. The molecule has 0 saturated carbocycles. The third-order valence-corrected chi connectivity index (χ3v) is 9.10. The van der Waals surface area contributed by atoms with Crippen molar-refractivity contribution in [2.45, 2.75) is 38.0 Å². The Morgan fingerprint density at radius 3 is 2.61 bits per heavy atom. The number of thiazole rings is 1. The highest BCUT2D eigenvalue weighted by Gasteiger charge is 2.10. The van der Waals surface area contributed by atoms with E-state index in [0.29, 0.717) is 11.7 Å². The number of amides is 2. The van der Waals surface area contributed by atoms with E-state index in [0.717, 1.165) is 80.0 Å². The molecule has 0 radical (unpaired) electrons. The van der Waals surface area contributed by atoms with Gasteiger partial charge in [0.25, 0.3) is 0 Å². The fraction of sp³-hybridized carbons (Fsp3) is 0.467. The second-order valence-corrected chi connectivity index (χ2v) is 12.9. The molecule has 1 aromatic carbocycles. The Hall–Kier alpha value is -3.20. The van der Waals surface area contributed by atoms with E-state index in [9.17, 15) is 4.79 Å². The zero-order valence-electron chi connectivity index (χ0n) is 25.6. The van der Waals surface area contributed by atoms with Crippen LogP contribution in [0.25, 0.3) is 0 Å². The molecule has 0 aliphatic rings. The normalized spacial score (nSPS) is 10.9. The van der Waals surface area contributed by atoms with E-state index in [4.69, 9.17) is 16.2 Å². The standard InChI is InChI=1S/C30H45N9O2S3/c1-38(17-18-39(27-9-5-6-14-33-27)21-24-10-12-26(41-2)13-11-24)16-7-3-4-8-19-44-37-29(40)34-15-20-42-22-25-23-43-30(35-25)36-28(31)32/h5-6,9-14,23H,3-4,7-8,15-22H2,1-2H3,(H2,34,37,40)(H4,31,32,35,36). The van der Waals surface area contributed by atoms with E-state index in [-0.39, 0.29) is 12.0 Å². The minimum atomic E-state index is -0.146. The van der Waals surface area contributed by atoms with Crippen molar-refractivity contribution in [1.82, 2.24) is 24.9 Å². The number of methoxy groups -OCH3 is 1. The van der Waals surface area contributed by atoms with E-state index in [1.807, 2.05) is 35.8 Å². The Labute approximate surface area is 273 Å². The second kappa shape index (κ2) is 20.7. The number of hydrogen-bond acceptors (Lipinski definition) is 10. The average Bonchev–Trinajstić information content (AvgIpc) is 3.47. The van der Waals surface area contributed by atoms with Crippen LogP contribution in [0.2, 0.25) is 0 Å². The molecule has 0 bridgehead atoms. The van der Waals surface area contributed by atoms with Crippen molar-refractivity contribution in [2.24, 2.45) is 16.5 Å². The molecule has 0 atom stereocenters. The first-order chi connectivity index (χ1) is 21.4. The number of urea groups is 1. The largest absolute Gasteiger partial charge is 0.497 e. The lowest BCUT2D eigenvalue weighted by molar-refractivity contribution is 0.247.